The van der Waals surface area contributed by atoms with E-state index in [2.05, 4.69) is 27.7 Å². The van der Waals surface area contributed by atoms with Crippen molar-refractivity contribution in [2.45, 2.75) is 53.1 Å². The molecule has 0 aromatic heterocycles. The van der Waals surface area contributed by atoms with E-state index in [9.17, 15) is 4.79 Å². The predicted octanol–water partition coefficient (Wildman–Crippen LogP) is 5.45. The molecule has 0 fully saturated rings. The molecule has 0 saturated heterocycles. The molecule has 0 N–H and O–H groups in total. The van der Waals surface area contributed by atoms with Crippen LogP contribution in [0.25, 0.3) is 0 Å². The van der Waals surface area contributed by atoms with Crippen molar-refractivity contribution >= 4 is 45.7 Å². The van der Waals surface area contributed by atoms with Crippen molar-refractivity contribution < 1.29 is 23.7 Å². The largest absolute Gasteiger partial charge is 0.463 e. The number of rotatable bonds is 15. The van der Waals surface area contributed by atoms with Gasteiger partial charge in [0.2, 0.25) is 0 Å². The zero-order valence-corrected chi connectivity index (χ0v) is 19.5. The molecule has 0 bridgehead atoms. The maximum absolute atomic E-state index is 10.6. The fraction of sp³-hybridized carbons (Fsp3) is 0.941. The summed E-state index contributed by atoms with van der Waals surface area (Å²) in [6.45, 7) is 12.4. The Balaban J connectivity index is 3.78. The van der Waals surface area contributed by atoms with Crippen LogP contribution >= 0.6 is 39.7 Å². The second kappa shape index (κ2) is 12.9. The van der Waals surface area contributed by atoms with Gasteiger partial charge in [0.15, 0.2) is 0 Å². The molecule has 0 saturated carbocycles. The molecule has 0 aromatic carbocycles. The van der Waals surface area contributed by atoms with Crippen molar-refractivity contribution in [3.8, 4) is 0 Å². The van der Waals surface area contributed by atoms with Crippen LogP contribution in [0.5, 0.6) is 0 Å². The molecule has 0 atom stereocenters. The van der Waals surface area contributed by atoms with E-state index in [1.165, 1.54) is 6.92 Å². The van der Waals surface area contributed by atoms with Crippen LogP contribution in [0.2, 0.25) is 0 Å². The van der Waals surface area contributed by atoms with Gasteiger partial charge in [-0.2, -0.15) is 0 Å². The third-order valence-electron chi connectivity index (χ3n) is 3.54. The lowest BCUT2D eigenvalue weighted by Gasteiger charge is -2.36. The lowest BCUT2D eigenvalue weighted by molar-refractivity contribution is -0.142. The molecule has 0 radical (unpaired) electrons. The van der Waals surface area contributed by atoms with Gasteiger partial charge in [-0.1, -0.05) is 13.8 Å². The summed E-state index contributed by atoms with van der Waals surface area (Å²) >= 11 is 0. The van der Waals surface area contributed by atoms with Crippen LogP contribution in [0.15, 0.2) is 0 Å². The first-order valence-corrected chi connectivity index (χ1v) is 12.9. The van der Waals surface area contributed by atoms with E-state index >= 15 is 0 Å². The van der Waals surface area contributed by atoms with Crippen LogP contribution in [0, 0.1) is 5.41 Å². The van der Waals surface area contributed by atoms with Crippen LogP contribution in [-0.2, 0) is 23.7 Å². The highest BCUT2D eigenvalue weighted by Crippen LogP contribution is 2.64. The van der Waals surface area contributed by atoms with Gasteiger partial charge in [0.05, 0.1) is 38.6 Å². The number of ether oxygens (including phenoxy) is 4. The molecule has 0 aliphatic rings. The first-order chi connectivity index (χ1) is 11.8. The molecule has 5 nitrogen and oxygen atoms in total. The van der Waals surface area contributed by atoms with E-state index in [1.54, 1.807) is 0 Å². The van der Waals surface area contributed by atoms with Crippen LogP contribution in [0.4, 0.5) is 0 Å². The van der Waals surface area contributed by atoms with Gasteiger partial charge in [-0.05, 0) is 71.8 Å². The highest BCUT2D eigenvalue weighted by molar-refractivity contribution is 8.79. The predicted molar refractivity (Wildman–Crippen MR) is 111 cm³/mol. The maximum Gasteiger partial charge on any atom is 0.302 e. The molecule has 0 aliphatic heterocycles. The van der Waals surface area contributed by atoms with Gasteiger partial charge >= 0.3 is 5.97 Å². The summed E-state index contributed by atoms with van der Waals surface area (Å²) in [5.41, 5.74) is -0.257. The average Bonchev–Trinajstić information content (AvgIpc) is 2.45. The third kappa shape index (κ3) is 18.0. The Morgan fingerprint density at radius 2 is 1.38 bits per heavy atom. The highest BCUT2D eigenvalue weighted by Gasteiger charge is 2.31. The molecule has 9 heteroatoms. The second-order valence-corrected chi connectivity index (χ2v) is 15.0. The van der Waals surface area contributed by atoms with Gasteiger partial charge < -0.3 is 18.9 Å². The molecular weight excluding hydrogens is 423 g/mol. The maximum atomic E-state index is 10.6. The number of hydrogen-bond donors (Lipinski definition) is 0. The standard InChI is InChI=1S/C17H33Cl3O5S/c1-15(21)24-11-9-22-7-8-23-10-12-25-17(4,5)14-16(2,3)6-13-26(18,19)20/h6-14H2,1-5H3. The van der Waals surface area contributed by atoms with Crippen molar-refractivity contribution in [1.82, 2.24) is 0 Å². The van der Waals surface area contributed by atoms with Crippen LogP contribution in [0.3, 0.4) is 0 Å². The van der Waals surface area contributed by atoms with Crippen molar-refractivity contribution in [3.05, 3.63) is 0 Å². The Morgan fingerprint density at radius 1 is 0.885 bits per heavy atom. The molecular formula is C17H33Cl3O5S. The summed E-state index contributed by atoms with van der Waals surface area (Å²) < 4.78 is 21.5. The minimum absolute atomic E-state index is 0.0249. The molecule has 0 unspecified atom stereocenters. The normalized spacial score (nSPS) is 13.7. The smallest absolute Gasteiger partial charge is 0.302 e. The van der Waals surface area contributed by atoms with Crippen LogP contribution in [-0.4, -0.2) is 57.0 Å². The van der Waals surface area contributed by atoms with E-state index in [1.807, 2.05) is 0 Å². The minimum atomic E-state index is -2.03. The summed E-state index contributed by atoms with van der Waals surface area (Å²) in [7, 11) is 15.8. The summed E-state index contributed by atoms with van der Waals surface area (Å²) in [5, 5.41) is 0. The highest BCUT2D eigenvalue weighted by atomic mass is 36.2. The van der Waals surface area contributed by atoms with E-state index in [4.69, 9.17) is 51.0 Å². The quantitative estimate of drug-likeness (QED) is 0.243. The van der Waals surface area contributed by atoms with Crippen molar-refractivity contribution in [1.29, 1.82) is 0 Å². The van der Waals surface area contributed by atoms with Crippen molar-refractivity contribution in [2.75, 3.05) is 45.4 Å². The third-order valence-corrected chi connectivity index (χ3v) is 5.60. The van der Waals surface area contributed by atoms with E-state index in [0.29, 0.717) is 38.8 Å². The van der Waals surface area contributed by atoms with Crippen molar-refractivity contribution in [3.63, 3.8) is 0 Å². The minimum Gasteiger partial charge on any atom is -0.463 e. The van der Waals surface area contributed by atoms with Gasteiger partial charge in [0.25, 0.3) is 0 Å². The van der Waals surface area contributed by atoms with E-state index in [0.717, 1.165) is 12.8 Å². The van der Waals surface area contributed by atoms with Crippen molar-refractivity contribution in [2.24, 2.45) is 5.41 Å². The van der Waals surface area contributed by atoms with Gasteiger partial charge in [0.1, 0.15) is 6.61 Å². The number of carbonyl (C=O) groups is 1. The van der Waals surface area contributed by atoms with E-state index < -0.39 is 7.67 Å². The molecule has 26 heavy (non-hydrogen) atoms. The first-order valence-electron chi connectivity index (χ1n) is 8.66. The SMILES string of the molecule is CC(=O)OCCOCCOCCOC(C)(C)CC(C)(C)CCS(Cl)(Cl)Cl. The lowest BCUT2D eigenvalue weighted by Crippen LogP contribution is -2.33. The molecule has 158 valence electrons. The average molecular weight is 456 g/mol. The molecule has 0 heterocycles. The summed E-state index contributed by atoms with van der Waals surface area (Å²) in [4.78, 5) is 10.6. The molecule has 0 spiro atoms. The molecule has 0 rings (SSSR count). The Morgan fingerprint density at radius 3 is 1.88 bits per heavy atom. The number of hydrogen-bond acceptors (Lipinski definition) is 5. The monoisotopic (exact) mass is 454 g/mol. The Kier molecular flexibility index (Phi) is 13.2. The number of carbonyl (C=O) groups excluding carboxylic acids is 1. The van der Waals surface area contributed by atoms with E-state index in [-0.39, 0.29) is 23.6 Å². The number of esters is 1. The summed E-state index contributed by atoms with van der Waals surface area (Å²) in [6.07, 6.45) is 1.70. The second-order valence-electron chi connectivity index (χ2n) is 7.47. The Hall–Kier alpha value is 0.570. The lowest BCUT2D eigenvalue weighted by atomic mass is 9.79. The van der Waals surface area contributed by atoms with Crippen LogP contribution in [0.1, 0.15) is 47.5 Å². The summed E-state index contributed by atoms with van der Waals surface area (Å²) in [6, 6.07) is 0. The number of halogens is 3. The molecule has 0 aromatic rings. The van der Waals surface area contributed by atoms with Gasteiger partial charge in [-0.15, -0.1) is 0 Å². The molecule has 0 amide bonds. The fourth-order valence-electron chi connectivity index (χ4n) is 2.63. The Bertz CT molecular complexity index is 400. The zero-order valence-electron chi connectivity index (χ0n) is 16.4. The fourth-order valence-corrected chi connectivity index (χ4v) is 4.11. The molecule has 0 aliphatic carbocycles. The first kappa shape index (κ1) is 26.6. The zero-order chi connectivity index (χ0) is 20.3. The van der Waals surface area contributed by atoms with Crippen LogP contribution < -0.4 is 0 Å². The van der Waals surface area contributed by atoms with Gasteiger partial charge in [-0.25, -0.2) is 0 Å². The van der Waals surface area contributed by atoms with Gasteiger partial charge in [0, 0.05) is 12.7 Å². The summed E-state index contributed by atoms with van der Waals surface area (Å²) in [5.74, 6) is 0.294. The topological polar surface area (TPSA) is 54.0 Å². The van der Waals surface area contributed by atoms with Gasteiger partial charge in [-0.3, -0.25) is 4.79 Å². The Labute approximate surface area is 173 Å².